The zero-order chi connectivity index (χ0) is 14.8. The third-order valence-electron chi connectivity index (χ3n) is 5.11. The van der Waals surface area contributed by atoms with Gasteiger partial charge in [-0.1, -0.05) is 0 Å². The van der Waals surface area contributed by atoms with E-state index in [0.717, 1.165) is 16.5 Å². The van der Waals surface area contributed by atoms with Crippen LogP contribution in [-0.4, -0.2) is 28.3 Å². The fraction of sp³-hybridized carbons (Fsp3) is 0.562. The Morgan fingerprint density at radius 2 is 1.86 bits per heavy atom. The van der Waals surface area contributed by atoms with Crippen LogP contribution >= 0.6 is 0 Å². The van der Waals surface area contributed by atoms with E-state index in [0.29, 0.717) is 5.92 Å². The molecule has 110 valence electrons. The van der Waals surface area contributed by atoms with Gasteiger partial charge in [0.2, 0.25) is 0 Å². The van der Waals surface area contributed by atoms with Crippen molar-refractivity contribution in [3.8, 4) is 0 Å². The molecule has 0 bridgehead atoms. The van der Waals surface area contributed by atoms with Gasteiger partial charge in [-0.2, -0.15) is 0 Å². The summed E-state index contributed by atoms with van der Waals surface area (Å²) < 4.78 is 12.4. The van der Waals surface area contributed by atoms with Crippen LogP contribution in [0, 0.1) is 0 Å². The summed E-state index contributed by atoms with van der Waals surface area (Å²) in [6.45, 7) is 8.33. The number of nitrogens with one attached hydrogen (secondary N) is 1. The lowest BCUT2D eigenvalue weighted by Crippen LogP contribution is -2.41. The summed E-state index contributed by atoms with van der Waals surface area (Å²) in [7, 11) is -0.330. The van der Waals surface area contributed by atoms with Crippen molar-refractivity contribution >= 4 is 23.6 Å². The number of hydrogen-bond acceptors (Lipinski definition) is 3. The maximum absolute atomic E-state index is 6.18. The first-order valence-corrected chi connectivity index (χ1v) is 7.70. The molecular weight excluding hydrogens is 263 g/mol. The number of hydrogen-bond donors (Lipinski definition) is 1. The Morgan fingerprint density at radius 3 is 2.48 bits per heavy atom. The molecule has 2 aromatic heterocycles. The number of nitrogens with zero attached hydrogens (tertiary/aromatic N) is 1. The molecule has 1 aliphatic heterocycles. The minimum atomic E-state index is -0.330. The fourth-order valence-electron chi connectivity index (χ4n) is 2.86. The molecule has 0 amide bonds. The van der Waals surface area contributed by atoms with Crippen LogP contribution in [0.15, 0.2) is 18.3 Å². The van der Waals surface area contributed by atoms with Gasteiger partial charge in [-0.05, 0) is 64.1 Å². The van der Waals surface area contributed by atoms with Gasteiger partial charge in [0.15, 0.2) is 0 Å². The maximum Gasteiger partial charge on any atom is 0.495 e. The first-order valence-electron chi connectivity index (χ1n) is 7.70. The van der Waals surface area contributed by atoms with E-state index in [-0.39, 0.29) is 18.3 Å². The highest BCUT2D eigenvalue weighted by Gasteiger charge is 2.52. The van der Waals surface area contributed by atoms with Gasteiger partial charge >= 0.3 is 7.12 Å². The molecular formula is C16H21BN2O2. The van der Waals surface area contributed by atoms with Crippen molar-refractivity contribution in [2.45, 2.75) is 57.7 Å². The van der Waals surface area contributed by atoms with Gasteiger partial charge in [-0.3, -0.25) is 0 Å². The van der Waals surface area contributed by atoms with Gasteiger partial charge in [-0.25, -0.2) is 4.98 Å². The Hall–Kier alpha value is -1.33. The summed E-state index contributed by atoms with van der Waals surface area (Å²) >= 11 is 0. The van der Waals surface area contributed by atoms with Crippen molar-refractivity contribution in [2.75, 3.05) is 0 Å². The van der Waals surface area contributed by atoms with Crippen LogP contribution < -0.4 is 5.46 Å². The molecule has 0 aromatic carbocycles. The largest absolute Gasteiger partial charge is 0.495 e. The van der Waals surface area contributed by atoms with Crippen LogP contribution in [0.25, 0.3) is 11.0 Å². The highest BCUT2D eigenvalue weighted by molar-refractivity contribution is 6.65. The summed E-state index contributed by atoms with van der Waals surface area (Å²) in [5.41, 5.74) is 2.67. The van der Waals surface area contributed by atoms with Gasteiger partial charge in [-0.15, -0.1) is 0 Å². The molecule has 2 fully saturated rings. The highest BCUT2D eigenvalue weighted by atomic mass is 16.7. The highest BCUT2D eigenvalue weighted by Crippen LogP contribution is 2.41. The van der Waals surface area contributed by atoms with E-state index in [1.165, 1.54) is 18.5 Å². The molecule has 4 rings (SSSR count). The van der Waals surface area contributed by atoms with E-state index in [1.54, 1.807) is 0 Å². The van der Waals surface area contributed by atoms with Crippen molar-refractivity contribution in [2.24, 2.45) is 0 Å². The average Bonchev–Trinajstić information content (AvgIpc) is 3.10. The number of pyridine rings is 1. The van der Waals surface area contributed by atoms with Crippen molar-refractivity contribution in [1.29, 1.82) is 0 Å². The first-order chi connectivity index (χ1) is 9.87. The van der Waals surface area contributed by atoms with Crippen LogP contribution in [0.4, 0.5) is 0 Å². The molecule has 0 atom stereocenters. The predicted octanol–water partition coefficient (Wildman–Crippen LogP) is 2.74. The lowest BCUT2D eigenvalue weighted by molar-refractivity contribution is 0.00578. The summed E-state index contributed by atoms with van der Waals surface area (Å²) in [5, 5.41) is 1.12. The zero-order valence-corrected chi connectivity index (χ0v) is 13.1. The molecule has 0 radical (unpaired) electrons. The minimum absolute atomic E-state index is 0.317. The Morgan fingerprint density at radius 1 is 1.19 bits per heavy atom. The van der Waals surface area contributed by atoms with Gasteiger partial charge < -0.3 is 14.3 Å². The Bertz CT molecular complexity index is 687. The van der Waals surface area contributed by atoms with Crippen molar-refractivity contribution in [3.05, 3.63) is 24.0 Å². The van der Waals surface area contributed by atoms with Crippen molar-refractivity contribution in [1.82, 2.24) is 9.97 Å². The molecule has 5 heteroatoms. The minimum Gasteiger partial charge on any atom is -0.399 e. The van der Waals surface area contributed by atoms with E-state index in [4.69, 9.17) is 9.31 Å². The Balaban J connectivity index is 1.77. The number of rotatable bonds is 2. The van der Waals surface area contributed by atoms with Gasteiger partial charge in [0, 0.05) is 17.3 Å². The smallest absolute Gasteiger partial charge is 0.399 e. The molecule has 3 heterocycles. The molecule has 1 saturated carbocycles. The van der Waals surface area contributed by atoms with Crippen LogP contribution in [0.5, 0.6) is 0 Å². The Labute approximate surface area is 125 Å². The maximum atomic E-state index is 6.18. The van der Waals surface area contributed by atoms with Crippen LogP contribution in [0.1, 0.15) is 52.1 Å². The molecule has 2 aliphatic rings. The molecule has 4 nitrogen and oxygen atoms in total. The summed E-state index contributed by atoms with van der Waals surface area (Å²) in [5.74, 6) is 0.686. The van der Waals surface area contributed by atoms with Crippen LogP contribution in [0.2, 0.25) is 0 Å². The van der Waals surface area contributed by atoms with E-state index >= 15 is 0 Å². The third-order valence-corrected chi connectivity index (χ3v) is 5.11. The van der Waals surface area contributed by atoms with Crippen LogP contribution in [0.3, 0.4) is 0 Å². The Kier molecular flexibility index (Phi) is 2.61. The molecule has 2 aromatic rings. The second kappa shape index (κ2) is 4.11. The monoisotopic (exact) mass is 284 g/mol. The number of fused-ring (bicyclic) bond motifs is 1. The molecule has 0 spiro atoms. The molecule has 1 aliphatic carbocycles. The second-order valence-electron chi connectivity index (χ2n) is 7.25. The lowest BCUT2D eigenvalue weighted by atomic mass is 9.78. The molecule has 1 saturated heterocycles. The quantitative estimate of drug-likeness (QED) is 0.862. The van der Waals surface area contributed by atoms with Gasteiger partial charge in [0.05, 0.1) is 11.2 Å². The summed E-state index contributed by atoms with van der Waals surface area (Å²) in [4.78, 5) is 7.89. The molecule has 21 heavy (non-hydrogen) atoms. The number of H-pyrrole nitrogens is 1. The third kappa shape index (κ3) is 2.02. The first kappa shape index (κ1) is 13.3. The lowest BCUT2D eigenvalue weighted by Gasteiger charge is -2.32. The topological polar surface area (TPSA) is 47.1 Å². The van der Waals surface area contributed by atoms with E-state index in [2.05, 4.69) is 43.7 Å². The SMILES string of the molecule is CC1(C)OB(c2ccnc3[nH]c(C4CC4)cc23)OC1(C)C. The number of aromatic amines is 1. The van der Waals surface area contributed by atoms with E-state index in [1.807, 2.05) is 12.3 Å². The van der Waals surface area contributed by atoms with Crippen molar-refractivity contribution < 1.29 is 9.31 Å². The van der Waals surface area contributed by atoms with Gasteiger partial charge in [0.25, 0.3) is 0 Å². The summed E-state index contributed by atoms with van der Waals surface area (Å²) in [6, 6.07) is 4.23. The number of aromatic nitrogens is 2. The second-order valence-corrected chi connectivity index (χ2v) is 7.25. The molecule has 1 N–H and O–H groups in total. The normalized spacial score (nSPS) is 23.9. The predicted molar refractivity (Wildman–Crippen MR) is 83.8 cm³/mol. The average molecular weight is 284 g/mol. The van der Waals surface area contributed by atoms with Crippen LogP contribution in [-0.2, 0) is 9.31 Å². The molecule has 0 unspecified atom stereocenters. The van der Waals surface area contributed by atoms with Crippen molar-refractivity contribution in [3.63, 3.8) is 0 Å². The van der Waals surface area contributed by atoms with E-state index < -0.39 is 0 Å². The zero-order valence-electron chi connectivity index (χ0n) is 13.1. The fourth-order valence-corrected chi connectivity index (χ4v) is 2.86. The van der Waals surface area contributed by atoms with Gasteiger partial charge in [0.1, 0.15) is 5.65 Å². The van der Waals surface area contributed by atoms with E-state index in [9.17, 15) is 0 Å². The summed E-state index contributed by atoms with van der Waals surface area (Å²) in [6.07, 6.45) is 4.38. The standard InChI is InChI=1S/C16H21BN2O2/c1-15(2)16(3,4)21-17(20-15)12-7-8-18-14-11(12)9-13(19-14)10-5-6-10/h7-10H,5-6H2,1-4H3,(H,18,19).